The molecular weight excluding hydrogens is 334 g/mol. The topological polar surface area (TPSA) is 66.4 Å². The van der Waals surface area contributed by atoms with Crippen LogP contribution >= 0.6 is 22.9 Å². The van der Waals surface area contributed by atoms with E-state index in [4.69, 9.17) is 11.6 Å². The second kappa shape index (κ2) is 7.15. The summed E-state index contributed by atoms with van der Waals surface area (Å²) in [5, 5.41) is 12.3. The Kier molecular flexibility index (Phi) is 5.44. The van der Waals surface area contributed by atoms with Crippen LogP contribution in [0.25, 0.3) is 0 Å². The van der Waals surface area contributed by atoms with Gasteiger partial charge >= 0.3 is 5.97 Å². The third kappa shape index (κ3) is 3.92. The lowest BCUT2D eigenvalue weighted by Crippen LogP contribution is -2.45. The number of rotatable bonds is 6. The Morgan fingerprint density at radius 2 is 1.91 bits per heavy atom. The molecule has 0 bridgehead atoms. The number of aliphatic carboxylic acids is 1. The summed E-state index contributed by atoms with van der Waals surface area (Å²) in [6.45, 7) is 3.41. The second-order valence-electron chi connectivity index (χ2n) is 5.58. The zero-order valence-electron chi connectivity index (χ0n) is 12.9. The van der Waals surface area contributed by atoms with Crippen molar-refractivity contribution in [2.75, 3.05) is 6.54 Å². The standard InChI is InChI=1S/C17H18ClNO3S/c1-11(13-8-9-14(18)23-13)15(20)19-10-17(2,16(21)22)12-6-4-3-5-7-12/h3-9,11H,10H2,1-2H3,(H,19,20)(H,21,22). The minimum absolute atomic E-state index is 0.0224. The highest BCUT2D eigenvalue weighted by molar-refractivity contribution is 7.16. The monoisotopic (exact) mass is 351 g/mol. The lowest BCUT2D eigenvalue weighted by Gasteiger charge is -2.26. The van der Waals surface area contributed by atoms with Crippen LogP contribution in [0, 0.1) is 0 Å². The molecule has 0 saturated heterocycles. The van der Waals surface area contributed by atoms with Crippen molar-refractivity contribution < 1.29 is 14.7 Å². The zero-order chi connectivity index (χ0) is 17.0. The van der Waals surface area contributed by atoms with E-state index in [2.05, 4.69) is 5.32 Å². The van der Waals surface area contributed by atoms with Gasteiger partial charge in [0.2, 0.25) is 5.91 Å². The molecule has 0 radical (unpaired) electrons. The predicted molar refractivity (Wildman–Crippen MR) is 92.2 cm³/mol. The molecular formula is C17H18ClNO3S. The fourth-order valence-corrected chi connectivity index (χ4v) is 3.33. The molecule has 2 aromatic rings. The van der Waals surface area contributed by atoms with Gasteiger partial charge < -0.3 is 10.4 Å². The molecule has 2 unspecified atom stereocenters. The summed E-state index contributed by atoms with van der Waals surface area (Å²) in [5.74, 6) is -1.57. The SMILES string of the molecule is CC(C(=O)NCC(C)(C(=O)O)c1ccccc1)c1ccc(Cl)s1. The highest BCUT2D eigenvalue weighted by atomic mass is 35.5. The van der Waals surface area contributed by atoms with Crippen molar-refractivity contribution in [3.05, 3.63) is 57.2 Å². The number of carbonyl (C=O) groups excluding carboxylic acids is 1. The van der Waals surface area contributed by atoms with Crippen LogP contribution in [0.2, 0.25) is 4.34 Å². The number of benzene rings is 1. The van der Waals surface area contributed by atoms with E-state index in [0.29, 0.717) is 9.90 Å². The van der Waals surface area contributed by atoms with Crippen LogP contribution in [0.15, 0.2) is 42.5 Å². The van der Waals surface area contributed by atoms with Crippen LogP contribution in [-0.4, -0.2) is 23.5 Å². The van der Waals surface area contributed by atoms with Gasteiger partial charge in [-0.15, -0.1) is 11.3 Å². The van der Waals surface area contributed by atoms with Crippen molar-refractivity contribution in [1.29, 1.82) is 0 Å². The predicted octanol–water partition coefficient (Wildman–Crippen LogP) is 3.66. The molecule has 0 fully saturated rings. The molecule has 1 heterocycles. The van der Waals surface area contributed by atoms with Crippen molar-refractivity contribution in [3.63, 3.8) is 0 Å². The van der Waals surface area contributed by atoms with Gasteiger partial charge in [-0.05, 0) is 31.5 Å². The van der Waals surface area contributed by atoms with Crippen molar-refractivity contribution in [2.24, 2.45) is 0 Å². The fourth-order valence-electron chi connectivity index (χ4n) is 2.21. The van der Waals surface area contributed by atoms with Gasteiger partial charge in [0.25, 0.3) is 0 Å². The van der Waals surface area contributed by atoms with Crippen LogP contribution in [0.4, 0.5) is 0 Å². The second-order valence-corrected chi connectivity index (χ2v) is 7.33. The molecule has 0 aliphatic heterocycles. The maximum atomic E-state index is 12.3. The Morgan fingerprint density at radius 3 is 2.43 bits per heavy atom. The van der Waals surface area contributed by atoms with Gasteiger partial charge in [-0.25, -0.2) is 0 Å². The maximum Gasteiger partial charge on any atom is 0.315 e. The van der Waals surface area contributed by atoms with Gasteiger partial charge in [0.15, 0.2) is 0 Å². The molecule has 2 atom stereocenters. The Balaban J connectivity index is 2.10. The summed E-state index contributed by atoms with van der Waals surface area (Å²) in [4.78, 5) is 24.9. The van der Waals surface area contributed by atoms with E-state index in [1.165, 1.54) is 11.3 Å². The maximum absolute atomic E-state index is 12.3. The van der Waals surface area contributed by atoms with Crippen molar-refractivity contribution in [3.8, 4) is 0 Å². The van der Waals surface area contributed by atoms with Crippen molar-refractivity contribution in [2.45, 2.75) is 25.2 Å². The summed E-state index contributed by atoms with van der Waals surface area (Å²) >= 11 is 7.24. The van der Waals surface area contributed by atoms with E-state index in [-0.39, 0.29) is 18.4 Å². The summed E-state index contributed by atoms with van der Waals surface area (Å²) in [6.07, 6.45) is 0. The van der Waals surface area contributed by atoms with Crippen LogP contribution in [0.1, 0.15) is 30.2 Å². The van der Waals surface area contributed by atoms with Crippen LogP contribution in [0.5, 0.6) is 0 Å². The Morgan fingerprint density at radius 1 is 1.26 bits per heavy atom. The number of carboxylic acid groups (broad SMARTS) is 1. The van der Waals surface area contributed by atoms with E-state index in [1.807, 2.05) is 12.1 Å². The number of halogens is 1. The third-order valence-electron chi connectivity index (χ3n) is 3.91. The lowest BCUT2D eigenvalue weighted by atomic mass is 9.82. The van der Waals surface area contributed by atoms with Crippen molar-refractivity contribution in [1.82, 2.24) is 5.32 Å². The molecule has 0 saturated carbocycles. The Hall–Kier alpha value is -1.85. The van der Waals surface area contributed by atoms with E-state index in [0.717, 1.165) is 4.88 Å². The lowest BCUT2D eigenvalue weighted by molar-refractivity contribution is -0.143. The number of carboxylic acids is 1. The van der Waals surface area contributed by atoms with E-state index in [9.17, 15) is 14.7 Å². The zero-order valence-corrected chi connectivity index (χ0v) is 14.4. The normalized spacial score (nSPS) is 14.7. The summed E-state index contributed by atoms with van der Waals surface area (Å²) in [5.41, 5.74) is -0.524. The first-order chi connectivity index (χ1) is 10.8. The molecule has 4 nitrogen and oxygen atoms in total. The summed E-state index contributed by atoms with van der Waals surface area (Å²) in [6, 6.07) is 12.5. The van der Waals surface area contributed by atoms with E-state index < -0.39 is 11.4 Å². The molecule has 2 rings (SSSR count). The van der Waals surface area contributed by atoms with Crippen LogP contribution < -0.4 is 5.32 Å². The first-order valence-corrected chi connectivity index (χ1v) is 8.36. The first-order valence-electron chi connectivity index (χ1n) is 7.16. The molecule has 0 spiro atoms. The first kappa shape index (κ1) is 17.5. The molecule has 6 heteroatoms. The Labute approximate surface area is 144 Å². The number of hydrogen-bond donors (Lipinski definition) is 2. The van der Waals surface area contributed by atoms with Gasteiger partial charge in [0, 0.05) is 11.4 Å². The molecule has 0 aliphatic carbocycles. The van der Waals surface area contributed by atoms with Gasteiger partial charge in [-0.1, -0.05) is 41.9 Å². The number of thiophene rings is 1. The highest BCUT2D eigenvalue weighted by Gasteiger charge is 2.36. The number of carbonyl (C=O) groups is 2. The fraction of sp³-hybridized carbons (Fsp3) is 0.294. The van der Waals surface area contributed by atoms with Gasteiger partial charge in [0.05, 0.1) is 10.3 Å². The number of nitrogens with one attached hydrogen (secondary N) is 1. The van der Waals surface area contributed by atoms with E-state index >= 15 is 0 Å². The molecule has 122 valence electrons. The Bertz CT molecular complexity index is 701. The van der Waals surface area contributed by atoms with Gasteiger partial charge in [0.1, 0.15) is 5.41 Å². The van der Waals surface area contributed by atoms with E-state index in [1.54, 1.807) is 44.2 Å². The van der Waals surface area contributed by atoms with Gasteiger partial charge in [-0.3, -0.25) is 9.59 Å². The highest BCUT2D eigenvalue weighted by Crippen LogP contribution is 2.29. The quantitative estimate of drug-likeness (QED) is 0.834. The smallest absolute Gasteiger partial charge is 0.315 e. The average Bonchev–Trinajstić information content (AvgIpc) is 2.98. The summed E-state index contributed by atoms with van der Waals surface area (Å²) < 4.78 is 0.624. The molecule has 1 amide bonds. The molecule has 2 N–H and O–H groups in total. The molecule has 23 heavy (non-hydrogen) atoms. The third-order valence-corrected chi connectivity index (χ3v) is 5.33. The summed E-state index contributed by atoms with van der Waals surface area (Å²) in [7, 11) is 0. The average molecular weight is 352 g/mol. The number of hydrogen-bond acceptors (Lipinski definition) is 3. The minimum Gasteiger partial charge on any atom is -0.481 e. The van der Waals surface area contributed by atoms with Gasteiger partial charge in [-0.2, -0.15) is 0 Å². The van der Waals surface area contributed by atoms with Crippen LogP contribution in [0.3, 0.4) is 0 Å². The van der Waals surface area contributed by atoms with Crippen LogP contribution in [-0.2, 0) is 15.0 Å². The minimum atomic E-state index is -1.18. The molecule has 1 aromatic heterocycles. The molecule has 0 aliphatic rings. The largest absolute Gasteiger partial charge is 0.481 e. The van der Waals surface area contributed by atoms with Crippen molar-refractivity contribution >= 4 is 34.8 Å². The number of amides is 1. The molecule has 1 aromatic carbocycles.